The SMILES string of the molecule is C=C(/C=C(\C)C(F)(F)F)N(C(C)=O)c1cc(C)c([N+](=O)[O-])cc1F.C=C(C)COC(=O)C1(C)CCC1.CN. The van der Waals surface area contributed by atoms with E-state index in [1.165, 1.54) is 14.0 Å². The molecular formula is C26H35F4N3O5. The first kappa shape index (κ1) is 34.5. The van der Waals surface area contributed by atoms with Crippen molar-refractivity contribution in [1.82, 2.24) is 0 Å². The lowest BCUT2D eigenvalue weighted by Crippen LogP contribution is -2.36. The van der Waals surface area contributed by atoms with Crippen LogP contribution in [-0.2, 0) is 14.3 Å². The Morgan fingerprint density at radius 2 is 1.74 bits per heavy atom. The molecular weight excluding hydrogens is 510 g/mol. The second kappa shape index (κ2) is 14.4. The number of alkyl halides is 3. The van der Waals surface area contributed by atoms with Crippen LogP contribution in [0.4, 0.5) is 28.9 Å². The molecule has 2 N–H and O–H groups in total. The number of nitro groups is 1. The van der Waals surface area contributed by atoms with Crippen LogP contribution in [0.2, 0.25) is 0 Å². The van der Waals surface area contributed by atoms with Gasteiger partial charge < -0.3 is 10.5 Å². The maximum Gasteiger partial charge on any atom is 0.412 e. The van der Waals surface area contributed by atoms with E-state index in [0.29, 0.717) is 23.6 Å². The molecule has 0 bridgehead atoms. The van der Waals surface area contributed by atoms with Crippen molar-refractivity contribution in [2.75, 3.05) is 18.6 Å². The lowest BCUT2D eigenvalue weighted by Gasteiger charge is -2.35. The van der Waals surface area contributed by atoms with E-state index in [0.717, 1.165) is 44.7 Å². The summed E-state index contributed by atoms with van der Waals surface area (Å²) in [6.45, 7) is 14.3. The normalized spacial score (nSPS) is 13.9. The fourth-order valence-electron chi connectivity index (χ4n) is 3.22. The molecule has 0 saturated heterocycles. The number of hydrogen-bond acceptors (Lipinski definition) is 6. The van der Waals surface area contributed by atoms with Gasteiger partial charge in [0.05, 0.1) is 22.1 Å². The summed E-state index contributed by atoms with van der Waals surface area (Å²) in [5.74, 6) is -1.98. The first-order valence-electron chi connectivity index (χ1n) is 11.5. The van der Waals surface area contributed by atoms with Crippen molar-refractivity contribution in [1.29, 1.82) is 0 Å². The van der Waals surface area contributed by atoms with Gasteiger partial charge in [0.1, 0.15) is 6.61 Å². The number of carbonyl (C=O) groups is 2. The number of esters is 1. The summed E-state index contributed by atoms with van der Waals surface area (Å²) in [5, 5.41) is 10.8. The van der Waals surface area contributed by atoms with Gasteiger partial charge in [0.25, 0.3) is 5.69 Å². The number of anilines is 1. The van der Waals surface area contributed by atoms with Gasteiger partial charge >= 0.3 is 12.1 Å². The molecule has 1 aliphatic rings. The molecule has 0 heterocycles. The molecule has 1 aliphatic carbocycles. The predicted molar refractivity (Wildman–Crippen MR) is 138 cm³/mol. The highest BCUT2D eigenvalue weighted by molar-refractivity contribution is 5.95. The van der Waals surface area contributed by atoms with Gasteiger partial charge in [0.15, 0.2) is 5.82 Å². The summed E-state index contributed by atoms with van der Waals surface area (Å²) in [6.07, 6.45) is -0.935. The van der Waals surface area contributed by atoms with Crippen LogP contribution in [0.25, 0.3) is 0 Å². The van der Waals surface area contributed by atoms with E-state index in [2.05, 4.69) is 18.9 Å². The van der Waals surface area contributed by atoms with Gasteiger partial charge in [-0.05, 0) is 65.3 Å². The molecule has 1 fully saturated rings. The Morgan fingerprint density at radius 3 is 2.11 bits per heavy atom. The van der Waals surface area contributed by atoms with E-state index < -0.39 is 45.5 Å². The van der Waals surface area contributed by atoms with Crippen molar-refractivity contribution in [3.05, 3.63) is 69.7 Å². The molecule has 0 spiro atoms. The minimum Gasteiger partial charge on any atom is -0.461 e. The molecule has 1 aromatic rings. The third-order valence-electron chi connectivity index (χ3n) is 5.53. The number of amides is 1. The largest absolute Gasteiger partial charge is 0.461 e. The van der Waals surface area contributed by atoms with Crippen LogP contribution in [0.15, 0.2) is 48.2 Å². The first-order valence-corrected chi connectivity index (χ1v) is 11.5. The Bertz CT molecular complexity index is 1090. The predicted octanol–water partition coefficient (Wildman–Crippen LogP) is 6.29. The van der Waals surface area contributed by atoms with Crippen LogP contribution in [0.1, 0.15) is 52.5 Å². The molecule has 8 nitrogen and oxygen atoms in total. The quantitative estimate of drug-likeness (QED) is 0.108. The summed E-state index contributed by atoms with van der Waals surface area (Å²) in [7, 11) is 1.50. The van der Waals surface area contributed by atoms with Crippen LogP contribution in [0, 0.1) is 28.3 Å². The number of nitrogens with zero attached hydrogens (tertiary/aromatic N) is 2. The minimum absolute atomic E-state index is 0.0481. The first-order chi connectivity index (χ1) is 17.4. The van der Waals surface area contributed by atoms with Crippen LogP contribution < -0.4 is 10.6 Å². The Balaban J connectivity index is 0.000000815. The third-order valence-corrected chi connectivity index (χ3v) is 5.53. The van der Waals surface area contributed by atoms with Gasteiger partial charge in [0.2, 0.25) is 5.91 Å². The number of nitro benzene ring substituents is 1. The second-order valence-electron chi connectivity index (χ2n) is 8.97. The number of benzene rings is 1. The van der Waals surface area contributed by atoms with Crippen molar-refractivity contribution in [3.63, 3.8) is 0 Å². The van der Waals surface area contributed by atoms with Gasteiger partial charge in [-0.25, -0.2) is 4.39 Å². The van der Waals surface area contributed by atoms with E-state index in [1.54, 1.807) is 0 Å². The Morgan fingerprint density at radius 1 is 1.21 bits per heavy atom. The zero-order valence-electron chi connectivity index (χ0n) is 22.5. The summed E-state index contributed by atoms with van der Waals surface area (Å²) < 4.78 is 57.0. The molecule has 38 heavy (non-hydrogen) atoms. The van der Waals surface area contributed by atoms with E-state index >= 15 is 0 Å². The van der Waals surface area contributed by atoms with Gasteiger partial charge in [-0.3, -0.25) is 24.6 Å². The summed E-state index contributed by atoms with van der Waals surface area (Å²) in [5.41, 5.74) is 2.89. The highest BCUT2D eigenvalue weighted by Crippen LogP contribution is 2.41. The number of nitrogens with two attached hydrogens (primary N) is 1. The summed E-state index contributed by atoms with van der Waals surface area (Å²) in [4.78, 5) is 33.8. The molecule has 1 amide bonds. The fraction of sp³-hybridized carbons (Fsp3) is 0.462. The number of rotatable bonds is 7. The Labute approximate surface area is 220 Å². The zero-order valence-corrected chi connectivity index (χ0v) is 22.5. The van der Waals surface area contributed by atoms with Crippen molar-refractivity contribution in [2.24, 2.45) is 11.1 Å². The lowest BCUT2D eigenvalue weighted by atomic mass is 9.70. The second-order valence-corrected chi connectivity index (χ2v) is 8.97. The number of carbonyl (C=O) groups excluding carboxylic acids is 2. The molecule has 212 valence electrons. The van der Waals surface area contributed by atoms with E-state index in [4.69, 9.17) is 4.74 Å². The van der Waals surface area contributed by atoms with Gasteiger partial charge in [0, 0.05) is 23.8 Å². The molecule has 0 radical (unpaired) electrons. The summed E-state index contributed by atoms with van der Waals surface area (Å²) >= 11 is 0. The van der Waals surface area contributed by atoms with Crippen LogP contribution in [-0.4, -0.2) is 36.6 Å². The number of hydrogen-bond donors (Lipinski definition) is 1. The zero-order chi connectivity index (χ0) is 30.0. The highest BCUT2D eigenvalue weighted by Gasteiger charge is 2.40. The molecule has 0 aromatic heterocycles. The minimum atomic E-state index is -4.63. The fourth-order valence-corrected chi connectivity index (χ4v) is 3.22. The average molecular weight is 546 g/mol. The smallest absolute Gasteiger partial charge is 0.412 e. The number of aryl methyl sites for hydroxylation is 1. The number of halogens is 4. The van der Waals surface area contributed by atoms with Crippen LogP contribution >= 0.6 is 0 Å². The average Bonchev–Trinajstić information content (AvgIpc) is 2.78. The number of ether oxygens (including phenoxy) is 1. The van der Waals surface area contributed by atoms with E-state index in [1.807, 2.05) is 13.8 Å². The summed E-state index contributed by atoms with van der Waals surface area (Å²) in [6, 6.07) is 1.62. The van der Waals surface area contributed by atoms with Gasteiger partial charge in [-0.2, -0.15) is 13.2 Å². The van der Waals surface area contributed by atoms with Crippen LogP contribution in [0.3, 0.4) is 0 Å². The molecule has 2 rings (SSSR count). The number of allylic oxidation sites excluding steroid dienone is 2. The highest BCUT2D eigenvalue weighted by atomic mass is 19.4. The molecule has 0 atom stereocenters. The monoisotopic (exact) mass is 545 g/mol. The molecule has 0 aliphatic heterocycles. The molecule has 0 unspecified atom stereocenters. The van der Waals surface area contributed by atoms with Crippen molar-refractivity contribution in [2.45, 2.75) is 60.1 Å². The topological polar surface area (TPSA) is 116 Å². The Hall–Kier alpha value is -3.54. The lowest BCUT2D eigenvalue weighted by molar-refractivity contribution is -0.385. The van der Waals surface area contributed by atoms with E-state index in [9.17, 15) is 37.3 Å². The standard InChI is InChI=1S/C15H14F4N2O3.C10H16O2.CH5N/c1-8-5-14(12(16)7-13(8)21(23)24)20(11(4)22)10(3)6-9(2)15(17,18)19;1-8(2)7-12-9(11)10(3)5-4-6-10;1-2/h5-7H,3H2,1-2,4H3;1,4-7H2,2-3H3;2H2,1H3/b9-6+;;. The van der Waals surface area contributed by atoms with Crippen molar-refractivity contribution in [3.8, 4) is 0 Å². The van der Waals surface area contributed by atoms with E-state index in [-0.39, 0.29) is 16.9 Å². The molecule has 1 saturated carbocycles. The van der Waals surface area contributed by atoms with Crippen molar-refractivity contribution >= 4 is 23.3 Å². The third kappa shape index (κ3) is 9.73. The van der Waals surface area contributed by atoms with Crippen molar-refractivity contribution < 1.29 is 36.8 Å². The van der Waals surface area contributed by atoms with Crippen LogP contribution in [0.5, 0.6) is 0 Å². The maximum atomic E-state index is 14.2. The van der Waals surface area contributed by atoms with Gasteiger partial charge in [-0.1, -0.05) is 19.6 Å². The molecule has 1 aromatic carbocycles. The maximum absolute atomic E-state index is 14.2. The molecule has 12 heteroatoms. The van der Waals surface area contributed by atoms with Gasteiger partial charge in [-0.15, -0.1) is 0 Å². The Kier molecular flexibility index (Phi) is 13.1.